The number of nitrogens with one attached hydrogen (secondary N) is 1. The van der Waals surface area contributed by atoms with Gasteiger partial charge in [0.25, 0.3) is 0 Å². The minimum atomic E-state index is -4.91. The molecular formula is C8H7F4NO2. The number of hydrogen-bond acceptors (Lipinski definition) is 2. The summed E-state index contributed by atoms with van der Waals surface area (Å²) in [7, 11) is 0. The van der Waals surface area contributed by atoms with Crippen molar-refractivity contribution in [2.24, 2.45) is 0 Å². The first-order valence-electron chi connectivity index (χ1n) is 3.88. The van der Waals surface area contributed by atoms with Gasteiger partial charge in [-0.3, -0.25) is 4.79 Å². The number of hydrogen-bond donors (Lipinski definition) is 1. The molecule has 0 bridgehead atoms. The molecule has 84 valence electrons. The second kappa shape index (κ2) is 3.92. The van der Waals surface area contributed by atoms with Crippen molar-refractivity contribution in [3.63, 3.8) is 0 Å². The minimum absolute atomic E-state index is 0.0660. The Hall–Kier alpha value is -1.53. The van der Waals surface area contributed by atoms with E-state index in [4.69, 9.17) is 0 Å². The maximum Gasteiger partial charge on any atom is 0.573 e. The number of halogens is 4. The van der Waals surface area contributed by atoms with Gasteiger partial charge in [0.05, 0.1) is 5.69 Å². The number of alkyl halides is 4. The zero-order valence-electron chi connectivity index (χ0n) is 7.61. The average Bonchev–Trinajstić information content (AvgIpc) is 2.07. The Morgan fingerprint density at radius 1 is 1.47 bits per heavy atom. The van der Waals surface area contributed by atoms with Gasteiger partial charge >= 0.3 is 6.36 Å². The molecule has 0 saturated carbocycles. The molecule has 1 heterocycles. The first-order chi connectivity index (χ1) is 6.83. The van der Waals surface area contributed by atoms with E-state index in [2.05, 4.69) is 4.74 Å². The van der Waals surface area contributed by atoms with Gasteiger partial charge in [0.2, 0.25) is 5.56 Å². The number of aryl methyl sites for hydroxylation is 1. The van der Waals surface area contributed by atoms with Gasteiger partial charge in [-0.2, -0.15) is 0 Å². The number of aromatic nitrogens is 1. The van der Waals surface area contributed by atoms with E-state index < -0.39 is 30.0 Å². The van der Waals surface area contributed by atoms with Gasteiger partial charge in [-0.05, 0) is 12.5 Å². The number of aromatic amines is 1. The third-order valence-corrected chi connectivity index (χ3v) is 1.61. The number of H-pyrrole nitrogens is 1. The lowest BCUT2D eigenvalue weighted by atomic mass is 10.2. The van der Waals surface area contributed by atoms with E-state index in [-0.39, 0.29) is 5.56 Å². The maximum atomic E-state index is 12.3. The summed E-state index contributed by atoms with van der Waals surface area (Å²) >= 11 is 0. The van der Waals surface area contributed by atoms with E-state index in [0.29, 0.717) is 0 Å². The summed E-state index contributed by atoms with van der Waals surface area (Å²) < 4.78 is 51.6. The third-order valence-electron chi connectivity index (χ3n) is 1.61. The molecule has 15 heavy (non-hydrogen) atoms. The molecule has 1 aromatic rings. The Bertz CT molecular complexity index is 410. The Morgan fingerprint density at radius 3 is 2.53 bits per heavy atom. The predicted octanol–water partition coefficient (Wildman–Crippen LogP) is 2.05. The Kier molecular flexibility index (Phi) is 3.01. The van der Waals surface area contributed by atoms with E-state index in [1.807, 2.05) is 4.98 Å². The van der Waals surface area contributed by atoms with Crippen LogP contribution in [0.25, 0.3) is 0 Å². The molecule has 0 radical (unpaired) electrons. The highest BCUT2D eigenvalue weighted by Crippen LogP contribution is 2.27. The van der Waals surface area contributed by atoms with Crippen LogP contribution in [0.1, 0.15) is 11.3 Å². The van der Waals surface area contributed by atoms with Crippen molar-refractivity contribution < 1.29 is 22.3 Å². The summed E-state index contributed by atoms with van der Waals surface area (Å²) in [6.45, 7) is -0.00218. The van der Waals surface area contributed by atoms with Crippen LogP contribution >= 0.6 is 0 Å². The van der Waals surface area contributed by atoms with Crippen LogP contribution < -0.4 is 10.3 Å². The maximum absolute atomic E-state index is 12.3. The van der Waals surface area contributed by atoms with Gasteiger partial charge in [-0.15, -0.1) is 13.2 Å². The summed E-state index contributed by atoms with van der Waals surface area (Å²) in [5.74, 6) is -0.690. The highest BCUT2D eigenvalue weighted by Gasteiger charge is 2.33. The van der Waals surface area contributed by atoms with E-state index in [1.165, 1.54) is 6.92 Å². The van der Waals surface area contributed by atoms with Crippen LogP contribution in [0.2, 0.25) is 0 Å². The molecule has 0 atom stereocenters. The smallest absolute Gasteiger partial charge is 0.404 e. The Morgan fingerprint density at radius 2 is 2.07 bits per heavy atom. The van der Waals surface area contributed by atoms with Crippen molar-refractivity contribution in [2.75, 3.05) is 0 Å². The standard InChI is InChI=1S/C8H7F4NO2/c1-4-2-6(14)13-5(3-9)7(4)15-8(10,11)12/h2H,3H2,1H3,(H,13,14). The zero-order chi connectivity index (χ0) is 11.6. The molecule has 0 spiro atoms. The van der Waals surface area contributed by atoms with E-state index in [0.717, 1.165) is 6.07 Å². The normalized spacial score (nSPS) is 11.5. The minimum Gasteiger partial charge on any atom is -0.404 e. The molecule has 1 N–H and O–H groups in total. The summed E-state index contributed by atoms with van der Waals surface area (Å²) in [4.78, 5) is 12.8. The molecule has 0 aliphatic rings. The van der Waals surface area contributed by atoms with Crippen LogP contribution in [0, 0.1) is 6.92 Å². The van der Waals surface area contributed by atoms with Gasteiger partial charge in [0.1, 0.15) is 6.67 Å². The van der Waals surface area contributed by atoms with Crippen LogP contribution in [-0.4, -0.2) is 11.3 Å². The monoisotopic (exact) mass is 225 g/mol. The van der Waals surface area contributed by atoms with Crippen LogP contribution in [0.4, 0.5) is 17.6 Å². The van der Waals surface area contributed by atoms with Crippen LogP contribution in [0.3, 0.4) is 0 Å². The lowest BCUT2D eigenvalue weighted by Gasteiger charge is -2.13. The Labute approximate surface area is 81.7 Å². The molecular weight excluding hydrogens is 218 g/mol. The number of ether oxygens (including phenoxy) is 1. The van der Waals surface area contributed by atoms with Crippen LogP contribution in [-0.2, 0) is 6.67 Å². The van der Waals surface area contributed by atoms with E-state index >= 15 is 0 Å². The lowest BCUT2D eigenvalue weighted by molar-refractivity contribution is -0.275. The molecule has 3 nitrogen and oxygen atoms in total. The highest BCUT2D eigenvalue weighted by molar-refractivity contribution is 5.35. The molecule has 0 aliphatic carbocycles. The van der Waals surface area contributed by atoms with Crippen molar-refractivity contribution in [3.05, 3.63) is 27.7 Å². The fraction of sp³-hybridized carbons (Fsp3) is 0.375. The second-order valence-electron chi connectivity index (χ2n) is 2.81. The van der Waals surface area contributed by atoms with Gasteiger partial charge in [0, 0.05) is 6.07 Å². The summed E-state index contributed by atoms with van der Waals surface area (Å²) in [6, 6.07) is 0.903. The summed E-state index contributed by atoms with van der Waals surface area (Å²) in [5, 5.41) is 0. The fourth-order valence-corrected chi connectivity index (χ4v) is 1.09. The van der Waals surface area contributed by atoms with Gasteiger partial charge in [-0.25, -0.2) is 4.39 Å². The van der Waals surface area contributed by atoms with Crippen molar-refractivity contribution in [3.8, 4) is 5.75 Å². The van der Waals surface area contributed by atoms with Gasteiger partial charge in [0.15, 0.2) is 5.75 Å². The van der Waals surface area contributed by atoms with Crippen molar-refractivity contribution in [2.45, 2.75) is 20.0 Å². The summed E-state index contributed by atoms with van der Waals surface area (Å²) in [5.41, 5.74) is -1.25. The first-order valence-corrected chi connectivity index (χ1v) is 3.88. The summed E-state index contributed by atoms with van der Waals surface area (Å²) in [6.07, 6.45) is -4.91. The lowest BCUT2D eigenvalue weighted by Crippen LogP contribution is -2.21. The molecule has 0 aromatic carbocycles. The zero-order valence-corrected chi connectivity index (χ0v) is 7.61. The van der Waals surface area contributed by atoms with E-state index in [9.17, 15) is 22.4 Å². The first kappa shape index (κ1) is 11.5. The van der Waals surface area contributed by atoms with Crippen molar-refractivity contribution in [1.82, 2.24) is 4.98 Å². The predicted molar refractivity (Wildman–Crippen MR) is 43.3 cm³/mol. The molecule has 0 unspecified atom stereocenters. The Balaban J connectivity index is 3.21. The molecule has 0 fully saturated rings. The fourth-order valence-electron chi connectivity index (χ4n) is 1.09. The van der Waals surface area contributed by atoms with E-state index in [1.54, 1.807) is 0 Å². The number of pyridine rings is 1. The third kappa shape index (κ3) is 2.97. The molecule has 0 aliphatic heterocycles. The topological polar surface area (TPSA) is 42.1 Å². The largest absolute Gasteiger partial charge is 0.573 e. The molecule has 7 heteroatoms. The molecule has 1 rings (SSSR count). The average molecular weight is 225 g/mol. The van der Waals surface area contributed by atoms with Crippen LogP contribution in [0.5, 0.6) is 5.75 Å². The van der Waals surface area contributed by atoms with Crippen molar-refractivity contribution >= 4 is 0 Å². The molecule has 1 aromatic heterocycles. The number of rotatable bonds is 2. The van der Waals surface area contributed by atoms with Crippen molar-refractivity contribution in [1.29, 1.82) is 0 Å². The molecule has 0 saturated heterocycles. The SMILES string of the molecule is Cc1cc(=O)[nH]c(CF)c1OC(F)(F)F. The van der Waals surface area contributed by atoms with Gasteiger partial charge in [-0.1, -0.05) is 0 Å². The van der Waals surface area contributed by atoms with Gasteiger partial charge < -0.3 is 9.72 Å². The quantitative estimate of drug-likeness (QED) is 0.782. The van der Waals surface area contributed by atoms with Crippen LogP contribution in [0.15, 0.2) is 10.9 Å². The second-order valence-corrected chi connectivity index (χ2v) is 2.81. The molecule has 0 amide bonds. The highest BCUT2D eigenvalue weighted by atomic mass is 19.4.